The maximum atomic E-state index is 5.45. The maximum Gasteiger partial charge on any atom is 0.0588 e. The highest BCUT2D eigenvalue weighted by Crippen LogP contribution is 1.84. The van der Waals surface area contributed by atoms with Gasteiger partial charge in [-0.05, 0) is 4.08 Å². The Labute approximate surface area is 63.0 Å². The van der Waals surface area contributed by atoms with E-state index in [2.05, 4.69) is 27.6 Å². The Kier molecular flexibility index (Phi) is 5.31. The summed E-state index contributed by atoms with van der Waals surface area (Å²) in [6.07, 6.45) is 3.56. The van der Waals surface area contributed by atoms with Crippen molar-refractivity contribution in [1.82, 2.24) is 0 Å². The first-order valence-electron chi connectivity index (χ1n) is 2.26. The van der Waals surface area contributed by atoms with Crippen LogP contribution < -0.4 is 5.73 Å². The van der Waals surface area contributed by atoms with E-state index in [4.69, 9.17) is 5.73 Å². The molecule has 0 aliphatic heterocycles. The molecule has 0 bridgehead atoms. The quantitative estimate of drug-likeness (QED) is 0.550. The van der Waals surface area contributed by atoms with Gasteiger partial charge < -0.3 is 5.73 Å². The molecule has 0 aliphatic rings. The van der Waals surface area contributed by atoms with E-state index < -0.39 is 0 Å². The highest BCUT2D eigenvalue weighted by atomic mass is 127. The van der Waals surface area contributed by atoms with E-state index in [1.165, 1.54) is 0 Å². The molecule has 0 aromatic carbocycles. The molecular weight excluding hydrogens is 215 g/mol. The van der Waals surface area contributed by atoms with Crippen molar-refractivity contribution in [3.63, 3.8) is 0 Å². The Morgan fingerprint density at radius 3 is 2.75 bits per heavy atom. The lowest BCUT2D eigenvalue weighted by Gasteiger charge is -1.91. The molecule has 0 aromatic rings. The lowest BCUT2D eigenvalue weighted by molar-refractivity contribution is 1.10. The predicted octanol–water partition coefficient (Wildman–Crippen LogP) is 0.963. The first-order valence-corrected chi connectivity index (χ1v) is 3.50. The third-order valence-electron chi connectivity index (χ3n) is 0.616. The van der Waals surface area contributed by atoms with Gasteiger partial charge in [0.15, 0.2) is 0 Å². The van der Waals surface area contributed by atoms with Crippen LogP contribution in [-0.4, -0.2) is 19.3 Å². The van der Waals surface area contributed by atoms with Gasteiger partial charge in [0.2, 0.25) is 0 Å². The number of halogens is 1. The third-order valence-corrected chi connectivity index (χ3v) is 1.03. The standard InChI is InChI=1S/C5H9IN2/c1-8-4-5(7)2-3-6/h2-5H,7H2,1H3/b3-2-,8-4?. The van der Waals surface area contributed by atoms with Crippen molar-refractivity contribution >= 4 is 28.8 Å². The number of nitrogens with two attached hydrogens (primary N) is 1. The molecule has 0 aromatic heterocycles. The summed E-state index contributed by atoms with van der Waals surface area (Å²) in [5, 5.41) is 0. The van der Waals surface area contributed by atoms with Gasteiger partial charge in [0.05, 0.1) is 6.04 Å². The van der Waals surface area contributed by atoms with Crippen LogP contribution in [0.3, 0.4) is 0 Å². The number of aliphatic imine (C=N–C) groups is 1. The predicted molar refractivity (Wildman–Crippen MR) is 45.6 cm³/mol. The molecule has 0 spiro atoms. The summed E-state index contributed by atoms with van der Waals surface area (Å²) in [7, 11) is 1.71. The zero-order chi connectivity index (χ0) is 6.41. The molecule has 2 nitrogen and oxygen atoms in total. The smallest absolute Gasteiger partial charge is 0.0588 e. The van der Waals surface area contributed by atoms with E-state index in [1.807, 2.05) is 10.2 Å². The summed E-state index contributed by atoms with van der Waals surface area (Å²) < 4.78 is 1.88. The Balaban J connectivity index is 3.47. The molecule has 0 heterocycles. The fraction of sp³-hybridized carbons (Fsp3) is 0.400. The monoisotopic (exact) mass is 224 g/mol. The second-order valence-electron chi connectivity index (χ2n) is 1.30. The van der Waals surface area contributed by atoms with Crippen LogP contribution in [0, 0.1) is 0 Å². The molecule has 8 heavy (non-hydrogen) atoms. The summed E-state index contributed by atoms with van der Waals surface area (Å²) >= 11 is 2.12. The van der Waals surface area contributed by atoms with Crippen molar-refractivity contribution in [1.29, 1.82) is 0 Å². The highest BCUT2D eigenvalue weighted by molar-refractivity contribution is 14.1. The fourth-order valence-electron chi connectivity index (χ4n) is 0.306. The fourth-order valence-corrected chi connectivity index (χ4v) is 0.785. The number of nitrogens with zero attached hydrogens (tertiary/aromatic N) is 1. The molecule has 1 atom stereocenters. The number of hydrogen-bond acceptors (Lipinski definition) is 2. The SMILES string of the molecule is CN=CC(N)/C=C\I. The van der Waals surface area contributed by atoms with E-state index in [-0.39, 0.29) is 6.04 Å². The second-order valence-corrected chi connectivity index (χ2v) is 2.02. The molecule has 0 rings (SSSR count). The van der Waals surface area contributed by atoms with Gasteiger partial charge >= 0.3 is 0 Å². The molecule has 0 radical (unpaired) electrons. The highest BCUT2D eigenvalue weighted by Gasteiger charge is 1.84. The largest absolute Gasteiger partial charge is 0.320 e. The Morgan fingerprint density at radius 1 is 1.75 bits per heavy atom. The topological polar surface area (TPSA) is 38.4 Å². The molecule has 2 N–H and O–H groups in total. The molecule has 0 saturated heterocycles. The Hall–Kier alpha value is 0.100. The molecule has 3 heteroatoms. The van der Waals surface area contributed by atoms with Crippen LogP contribution in [0.2, 0.25) is 0 Å². The second kappa shape index (κ2) is 5.24. The lowest BCUT2D eigenvalue weighted by Crippen LogP contribution is -2.17. The van der Waals surface area contributed by atoms with Gasteiger partial charge in [0.25, 0.3) is 0 Å². The van der Waals surface area contributed by atoms with Gasteiger partial charge in [-0.1, -0.05) is 28.7 Å². The minimum Gasteiger partial charge on any atom is -0.320 e. The van der Waals surface area contributed by atoms with Gasteiger partial charge in [-0.15, -0.1) is 0 Å². The van der Waals surface area contributed by atoms with Gasteiger partial charge in [-0.25, -0.2) is 0 Å². The normalized spacial score (nSPS) is 15.9. The molecule has 1 unspecified atom stereocenters. The zero-order valence-electron chi connectivity index (χ0n) is 4.71. The summed E-state index contributed by atoms with van der Waals surface area (Å²) in [5.74, 6) is 0. The van der Waals surface area contributed by atoms with Crippen LogP contribution in [-0.2, 0) is 0 Å². The molecule has 0 fully saturated rings. The van der Waals surface area contributed by atoms with E-state index in [1.54, 1.807) is 13.3 Å². The first-order chi connectivity index (χ1) is 3.81. The van der Waals surface area contributed by atoms with Crippen LogP contribution in [0.15, 0.2) is 15.2 Å². The van der Waals surface area contributed by atoms with Crippen molar-refractivity contribution in [3.05, 3.63) is 10.2 Å². The van der Waals surface area contributed by atoms with Crippen molar-refractivity contribution in [3.8, 4) is 0 Å². The Bertz CT molecular complexity index is 86.6. The number of rotatable bonds is 2. The Morgan fingerprint density at radius 2 is 2.38 bits per heavy atom. The van der Waals surface area contributed by atoms with Gasteiger partial charge in [0, 0.05) is 13.3 Å². The zero-order valence-corrected chi connectivity index (χ0v) is 6.87. The average molecular weight is 224 g/mol. The summed E-state index contributed by atoms with van der Waals surface area (Å²) in [4.78, 5) is 3.75. The summed E-state index contributed by atoms with van der Waals surface area (Å²) in [6.45, 7) is 0. The van der Waals surface area contributed by atoms with Crippen LogP contribution >= 0.6 is 22.6 Å². The molecular formula is C5H9IN2. The minimum absolute atomic E-state index is 0.0168. The van der Waals surface area contributed by atoms with Crippen LogP contribution in [0.5, 0.6) is 0 Å². The maximum absolute atomic E-state index is 5.45. The average Bonchev–Trinajstić information content (AvgIpc) is 1.68. The van der Waals surface area contributed by atoms with Crippen molar-refractivity contribution in [2.24, 2.45) is 10.7 Å². The molecule has 0 aliphatic carbocycles. The van der Waals surface area contributed by atoms with Gasteiger partial charge in [0.1, 0.15) is 0 Å². The minimum atomic E-state index is -0.0168. The van der Waals surface area contributed by atoms with Crippen LogP contribution in [0.4, 0.5) is 0 Å². The molecule has 46 valence electrons. The van der Waals surface area contributed by atoms with Crippen molar-refractivity contribution in [2.45, 2.75) is 6.04 Å². The summed E-state index contributed by atoms with van der Waals surface area (Å²) in [6, 6.07) is -0.0168. The van der Waals surface area contributed by atoms with Gasteiger partial charge in [-0.3, -0.25) is 4.99 Å². The lowest BCUT2D eigenvalue weighted by atomic mass is 10.3. The first kappa shape index (κ1) is 8.10. The van der Waals surface area contributed by atoms with Crippen LogP contribution in [0.25, 0.3) is 0 Å². The van der Waals surface area contributed by atoms with Crippen molar-refractivity contribution in [2.75, 3.05) is 7.05 Å². The van der Waals surface area contributed by atoms with Crippen molar-refractivity contribution < 1.29 is 0 Å². The van der Waals surface area contributed by atoms with E-state index in [0.717, 1.165) is 0 Å². The molecule has 0 saturated carbocycles. The molecule has 0 amide bonds. The third kappa shape index (κ3) is 4.26. The number of hydrogen-bond donors (Lipinski definition) is 1. The van der Waals surface area contributed by atoms with E-state index in [0.29, 0.717) is 0 Å². The summed E-state index contributed by atoms with van der Waals surface area (Å²) in [5.41, 5.74) is 5.45. The van der Waals surface area contributed by atoms with E-state index >= 15 is 0 Å². The van der Waals surface area contributed by atoms with Crippen LogP contribution in [0.1, 0.15) is 0 Å². The van der Waals surface area contributed by atoms with Gasteiger partial charge in [-0.2, -0.15) is 0 Å². The van der Waals surface area contributed by atoms with E-state index in [9.17, 15) is 0 Å².